The summed E-state index contributed by atoms with van der Waals surface area (Å²) in [5, 5.41) is 32.0. The molecule has 1 fully saturated rings. The van der Waals surface area contributed by atoms with Gasteiger partial charge in [0.15, 0.2) is 5.78 Å². The molecule has 2 heterocycles. The van der Waals surface area contributed by atoms with Gasteiger partial charge in [0.25, 0.3) is 0 Å². The van der Waals surface area contributed by atoms with Crippen molar-refractivity contribution in [3.05, 3.63) is 52.0 Å². The number of aliphatic hydroxyl groups excluding tert-OH is 1. The number of fused-ring (bicyclic) bond motifs is 1. The molecule has 8 heteroatoms. The van der Waals surface area contributed by atoms with Crippen molar-refractivity contribution in [3.8, 4) is 17.2 Å². The number of ether oxygens (including phenoxy) is 1. The van der Waals surface area contributed by atoms with E-state index in [9.17, 15) is 20.1 Å². The number of Topliss-reactive ketones (excluding diaryl/α,β-unsaturated/α-hetero) is 1. The average molecular weight is 440 g/mol. The minimum Gasteiger partial charge on any atom is -0.507 e. The zero-order valence-corrected chi connectivity index (χ0v) is 17.4. The molecular weight excluding hydrogens is 417 g/mol. The highest BCUT2D eigenvalue weighted by atomic mass is 35.5. The van der Waals surface area contributed by atoms with E-state index in [2.05, 4.69) is 0 Å². The molecule has 4 rings (SSSR count). The van der Waals surface area contributed by atoms with Gasteiger partial charge in [0, 0.05) is 34.7 Å². The van der Waals surface area contributed by atoms with Gasteiger partial charge in [-0.3, -0.25) is 4.79 Å². The van der Waals surface area contributed by atoms with Crippen molar-refractivity contribution in [1.82, 2.24) is 4.90 Å². The summed E-state index contributed by atoms with van der Waals surface area (Å²) in [7, 11) is 1.92. The third-order valence-electron chi connectivity index (χ3n) is 5.59. The van der Waals surface area contributed by atoms with Gasteiger partial charge in [-0.25, -0.2) is 0 Å². The number of phenols is 2. The van der Waals surface area contributed by atoms with Gasteiger partial charge in [-0.1, -0.05) is 29.8 Å². The van der Waals surface area contributed by atoms with Crippen LogP contribution in [-0.2, 0) is 0 Å². The van der Waals surface area contributed by atoms with E-state index in [0.717, 1.165) is 12.6 Å². The summed E-state index contributed by atoms with van der Waals surface area (Å²) < 4.78 is 6.14. The van der Waals surface area contributed by atoms with Crippen LogP contribution >= 0.6 is 24.0 Å². The van der Waals surface area contributed by atoms with Crippen LogP contribution in [0, 0.1) is 0 Å². The summed E-state index contributed by atoms with van der Waals surface area (Å²) in [5.74, 6) is -1.04. The SMILES string of the molecule is CN1CCC(c2c(O)cc(O)c3c2OC(c2ccccc2Cl)CC3=O)C(O)C1.Cl. The molecule has 3 unspecified atom stereocenters. The van der Waals surface area contributed by atoms with E-state index in [0.29, 0.717) is 29.1 Å². The summed E-state index contributed by atoms with van der Waals surface area (Å²) in [5.41, 5.74) is 1.10. The zero-order chi connectivity index (χ0) is 20.0. The van der Waals surface area contributed by atoms with E-state index in [1.54, 1.807) is 18.2 Å². The Balaban J connectivity index is 0.00000240. The fraction of sp³-hybridized carbons (Fsp3) is 0.381. The monoisotopic (exact) mass is 439 g/mol. The quantitative estimate of drug-likeness (QED) is 0.661. The lowest BCUT2D eigenvalue weighted by Gasteiger charge is -2.37. The lowest BCUT2D eigenvalue weighted by molar-refractivity contribution is 0.0592. The van der Waals surface area contributed by atoms with E-state index in [-0.39, 0.29) is 47.4 Å². The highest BCUT2D eigenvalue weighted by Crippen LogP contribution is 2.50. The number of carbonyl (C=O) groups excluding carboxylic acids is 1. The molecule has 156 valence electrons. The smallest absolute Gasteiger partial charge is 0.174 e. The maximum atomic E-state index is 12.8. The van der Waals surface area contributed by atoms with Gasteiger partial charge in [-0.15, -0.1) is 12.4 Å². The van der Waals surface area contributed by atoms with E-state index in [1.807, 2.05) is 18.0 Å². The van der Waals surface area contributed by atoms with E-state index in [4.69, 9.17) is 16.3 Å². The van der Waals surface area contributed by atoms with E-state index >= 15 is 0 Å². The van der Waals surface area contributed by atoms with Crippen molar-refractivity contribution >= 4 is 29.8 Å². The van der Waals surface area contributed by atoms with E-state index < -0.39 is 18.1 Å². The second kappa shape index (κ2) is 8.40. The first-order valence-corrected chi connectivity index (χ1v) is 9.64. The maximum absolute atomic E-state index is 12.8. The molecular formula is C21H23Cl2NO5. The van der Waals surface area contributed by atoms with Crippen LogP contribution in [0.2, 0.25) is 5.02 Å². The number of aliphatic hydroxyl groups is 1. The van der Waals surface area contributed by atoms with Gasteiger partial charge >= 0.3 is 0 Å². The van der Waals surface area contributed by atoms with Crippen LogP contribution in [0.15, 0.2) is 30.3 Å². The Labute approximate surface area is 180 Å². The van der Waals surface area contributed by atoms with Crippen molar-refractivity contribution in [3.63, 3.8) is 0 Å². The van der Waals surface area contributed by atoms with Gasteiger partial charge in [-0.05, 0) is 26.1 Å². The van der Waals surface area contributed by atoms with Crippen LogP contribution in [0.1, 0.15) is 46.3 Å². The normalized spacial score (nSPS) is 24.4. The highest BCUT2D eigenvalue weighted by molar-refractivity contribution is 6.31. The van der Waals surface area contributed by atoms with Crippen LogP contribution in [0.5, 0.6) is 17.2 Å². The van der Waals surface area contributed by atoms with Gasteiger partial charge in [0.1, 0.15) is 28.9 Å². The number of halogens is 2. The molecule has 0 saturated carbocycles. The molecule has 0 radical (unpaired) electrons. The number of ketones is 1. The molecule has 0 bridgehead atoms. The molecule has 2 aliphatic heterocycles. The van der Waals surface area contributed by atoms with Crippen molar-refractivity contribution < 1.29 is 24.9 Å². The van der Waals surface area contributed by atoms with Crippen molar-refractivity contribution in [1.29, 1.82) is 0 Å². The zero-order valence-electron chi connectivity index (χ0n) is 15.8. The molecule has 3 N–H and O–H groups in total. The minimum atomic E-state index is -0.724. The Bertz CT molecular complexity index is 936. The molecule has 2 aromatic rings. The van der Waals surface area contributed by atoms with Gasteiger partial charge in [-0.2, -0.15) is 0 Å². The Morgan fingerprint density at radius 1 is 1.21 bits per heavy atom. The Morgan fingerprint density at radius 3 is 2.62 bits per heavy atom. The molecule has 0 amide bonds. The van der Waals surface area contributed by atoms with Crippen LogP contribution in [-0.4, -0.2) is 52.2 Å². The van der Waals surface area contributed by atoms with Crippen LogP contribution in [0.25, 0.3) is 0 Å². The fourth-order valence-corrected chi connectivity index (χ4v) is 4.44. The topological polar surface area (TPSA) is 90.2 Å². The number of likely N-dealkylation sites (N-methyl/N-ethyl adjacent to an activating group) is 1. The number of phenolic OH excluding ortho intramolecular Hbond substituents is 2. The third-order valence-corrected chi connectivity index (χ3v) is 5.94. The number of aromatic hydroxyl groups is 2. The molecule has 1 saturated heterocycles. The number of hydrogen-bond donors (Lipinski definition) is 3. The van der Waals surface area contributed by atoms with Crippen molar-refractivity contribution in [2.24, 2.45) is 0 Å². The number of likely N-dealkylation sites (tertiary alicyclic amines) is 1. The van der Waals surface area contributed by atoms with Crippen molar-refractivity contribution in [2.45, 2.75) is 31.0 Å². The van der Waals surface area contributed by atoms with Crippen LogP contribution in [0.3, 0.4) is 0 Å². The first kappa shape index (κ1) is 21.7. The van der Waals surface area contributed by atoms with Gasteiger partial charge in [0.2, 0.25) is 0 Å². The fourth-order valence-electron chi connectivity index (χ4n) is 4.19. The number of β-amino-alcohol motifs (C(OH)–C–C–N with tert-alkyl or cyclic N) is 1. The minimum absolute atomic E-state index is 0. The van der Waals surface area contributed by atoms with Gasteiger partial charge < -0.3 is 25.0 Å². The number of benzene rings is 2. The number of piperidine rings is 1. The summed E-state index contributed by atoms with van der Waals surface area (Å²) in [6.07, 6.45) is -0.726. The summed E-state index contributed by atoms with van der Waals surface area (Å²) in [6, 6.07) is 8.28. The number of rotatable bonds is 2. The first-order chi connectivity index (χ1) is 13.4. The second-order valence-corrected chi connectivity index (χ2v) is 7.92. The standard InChI is InChI=1S/C21H22ClNO5.ClH/c1-23-7-6-12(17(27)10-23)19-14(24)8-15(25)20-16(26)9-18(28-21(19)20)11-4-2-3-5-13(11)22;/h2-5,8,12,17-18,24-25,27H,6-7,9-10H2,1H3;1H. The number of hydrogen-bond acceptors (Lipinski definition) is 6. The molecule has 29 heavy (non-hydrogen) atoms. The Hall–Kier alpha value is -1.99. The number of carbonyl (C=O) groups is 1. The summed E-state index contributed by atoms with van der Waals surface area (Å²) >= 11 is 6.29. The Morgan fingerprint density at radius 2 is 1.93 bits per heavy atom. The predicted octanol–water partition coefficient (Wildman–Crippen LogP) is 3.66. The Kier molecular flexibility index (Phi) is 6.29. The first-order valence-electron chi connectivity index (χ1n) is 9.26. The molecule has 3 atom stereocenters. The van der Waals surface area contributed by atoms with Crippen LogP contribution in [0.4, 0.5) is 0 Å². The molecule has 0 aliphatic carbocycles. The lowest BCUT2D eigenvalue weighted by atomic mass is 9.83. The molecule has 0 aromatic heterocycles. The molecule has 6 nitrogen and oxygen atoms in total. The van der Waals surface area contributed by atoms with E-state index in [1.165, 1.54) is 0 Å². The maximum Gasteiger partial charge on any atom is 0.174 e. The molecule has 2 aromatic carbocycles. The van der Waals surface area contributed by atoms with Crippen molar-refractivity contribution in [2.75, 3.05) is 20.1 Å². The average Bonchev–Trinajstić information content (AvgIpc) is 2.63. The number of nitrogens with zero attached hydrogens (tertiary/aromatic N) is 1. The highest BCUT2D eigenvalue weighted by Gasteiger charge is 2.39. The van der Waals surface area contributed by atoms with Crippen LogP contribution < -0.4 is 4.74 Å². The molecule has 2 aliphatic rings. The summed E-state index contributed by atoms with van der Waals surface area (Å²) in [6.45, 7) is 1.18. The lowest BCUT2D eigenvalue weighted by Crippen LogP contribution is -2.40. The second-order valence-electron chi connectivity index (χ2n) is 7.51. The summed E-state index contributed by atoms with van der Waals surface area (Å²) in [4.78, 5) is 14.8. The third kappa shape index (κ3) is 3.90. The van der Waals surface area contributed by atoms with Gasteiger partial charge in [0.05, 0.1) is 12.5 Å². The predicted molar refractivity (Wildman–Crippen MR) is 112 cm³/mol. The largest absolute Gasteiger partial charge is 0.507 e. The molecule has 0 spiro atoms.